The lowest BCUT2D eigenvalue weighted by molar-refractivity contribution is -0.875. The highest BCUT2D eigenvalue weighted by atomic mass is 31.1. The topological polar surface area (TPSA) is 23.1 Å². The third kappa shape index (κ3) is 1.89. The molecule has 0 saturated carbocycles. The van der Waals surface area contributed by atoms with Crippen LogP contribution in [-0.4, -0.2) is 36.6 Å². The molecule has 3 heteroatoms. The first kappa shape index (κ1) is 7.46. The van der Waals surface area contributed by atoms with Gasteiger partial charge in [0.25, 0.3) is 0 Å². The third-order valence-corrected chi connectivity index (χ3v) is 3.12. The second kappa shape index (κ2) is 2.96. The van der Waals surface area contributed by atoms with E-state index in [2.05, 4.69) is 0 Å². The molecule has 0 aromatic carbocycles. The predicted octanol–water partition coefficient (Wildman–Crippen LogP) is 1.01. The Bertz CT molecular complexity index is 91.1. The summed E-state index contributed by atoms with van der Waals surface area (Å²) in [5.41, 5.74) is 0. The van der Waals surface area contributed by atoms with E-state index in [0.29, 0.717) is 0 Å². The molecule has 54 valence electrons. The first-order valence-corrected chi connectivity index (χ1v) is 4.96. The van der Waals surface area contributed by atoms with Crippen LogP contribution in [0.5, 0.6) is 0 Å². The zero-order valence-corrected chi connectivity index (χ0v) is 6.89. The molecule has 1 rings (SSSR count). The van der Waals surface area contributed by atoms with Crippen molar-refractivity contribution in [3.05, 3.63) is 5.21 Å². The van der Waals surface area contributed by atoms with Gasteiger partial charge < -0.3 is 9.85 Å². The molecule has 0 N–H and O–H groups in total. The van der Waals surface area contributed by atoms with Crippen LogP contribution >= 0.6 is 8.58 Å². The quantitative estimate of drug-likeness (QED) is 0.308. The molecule has 1 heterocycles. The van der Waals surface area contributed by atoms with Crippen molar-refractivity contribution in [1.82, 2.24) is 0 Å². The van der Waals surface area contributed by atoms with Crippen molar-refractivity contribution < 1.29 is 4.65 Å². The number of rotatable bonds is 1. The van der Waals surface area contributed by atoms with Crippen LogP contribution in [0.1, 0.15) is 6.92 Å². The fourth-order valence-electron chi connectivity index (χ4n) is 1.12. The number of hydrogen-bond donors (Lipinski definition) is 0. The molecule has 0 bridgehead atoms. The van der Waals surface area contributed by atoms with Crippen molar-refractivity contribution in [1.29, 1.82) is 0 Å². The lowest BCUT2D eigenvalue weighted by Gasteiger charge is -2.44. The summed E-state index contributed by atoms with van der Waals surface area (Å²) in [7, 11) is 1.06. The van der Waals surface area contributed by atoms with E-state index in [1.165, 1.54) is 0 Å². The van der Waals surface area contributed by atoms with Crippen LogP contribution in [0.15, 0.2) is 0 Å². The van der Waals surface area contributed by atoms with Crippen LogP contribution in [0.2, 0.25) is 0 Å². The Morgan fingerprint density at radius 2 is 2.00 bits per heavy atom. The van der Waals surface area contributed by atoms with Crippen molar-refractivity contribution in [3.63, 3.8) is 0 Å². The summed E-state index contributed by atoms with van der Waals surface area (Å²) in [6.45, 7) is 4.50. The molecular formula is C6H14NOP. The maximum Gasteiger partial charge on any atom is 0.0821 e. The van der Waals surface area contributed by atoms with Gasteiger partial charge in [0.15, 0.2) is 0 Å². The standard InChI is InChI=1S/C6H14NOP/c1-2-7(8)3-5-9-6-4-7/h9H,2-6H2,1H3. The molecule has 1 fully saturated rings. The molecule has 0 atom stereocenters. The molecular weight excluding hydrogens is 133 g/mol. The van der Waals surface area contributed by atoms with E-state index in [0.717, 1.165) is 40.5 Å². The summed E-state index contributed by atoms with van der Waals surface area (Å²) in [5.74, 6) is 0. The van der Waals surface area contributed by atoms with Crippen molar-refractivity contribution in [2.24, 2.45) is 0 Å². The first-order chi connectivity index (χ1) is 4.27. The van der Waals surface area contributed by atoms with E-state index in [1.54, 1.807) is 0 Å². The Morgan fingerprint density at radius 1 is 1.44 bits per heavy atom. The minimum atomic E-state index is 0.0764. The molecule has 0 aliphatic carbocycles. The van der Waals surface area contributed by atoms with Crippen LogP contribution in [0.25, 0.3) is 0 Å². The Hall–Kier alpha value is 0.350. The van der Waals surface area contributed by atoms with Gasteiger partial charge in [-0.1, -0.05) is 0 Å². The number of quaternary nitrogens is 1. The Labute approximate surface area is 58.2 Å². The number of hydroxylamine groups is 3. The fourth-order valence-corrected chi connectivity index (χ4v) is 2.50. The van der Waals surface area contributed by atoms with Gasteiger partial charge >= 0.3 is 0 Å². The molecule has 9 heavy (non-hydrogen) atoms. The van der Waals surface area contributed by atoms with Crippen LogP contribution in [0.3, 0.4) is 0 Å². The second-order valence-corrected chi connectivity index (χ2v) is 4.07. The summed E-state index contributed by atoms with van der Waals surface area (Å²) < 4.78 is 0.0764. The highest BCUT2D eigenvalue weighted by molar-refractivity contribution is 7.38. The van der Waals surface area contributed by atoms with Gasteiger partial charge in [0, 0.05) is 12.3 Å². The SMILES string of the molecule is CC[N+]1([O-])CCPCC1. The lowest BCUT2D eigenvalue weighted by atomic mass is 10.5. The number of hydrogen-bond acceptors (Lipinski definition) is 1. The van der Waals surface area contributed by atoms with E-state index in [4.69, 9.17) is 0 Å². The maximum absolute atomic E-state index is 11.4. The molecule has 0 amide bonds. The van der Waals surface area contributed by atoms with Crippen LogP contribution in [-0.2, 0) is 0 Å². The zero-order chi connectivity index (χ0) is 6.74. The summed E-state index contributed by atoms with van der Waals surface area (Å²) in [6.07, 6.45) is 2.33. The monoisotopic (exact) mass is 147 g/mol. The minimum Gasteiger partial charge on any atom is -0.633 e. The predicted molar refractivity (Wildman–Crippen MR) is 42.0 cm³/mol. The zero-order valence-electron chi connectivity index (χ0n) is 5.89. The molecule has 0 aromatic heterocycles. The van der Waals surface area contributed by atoms with Crippen molar-refractivity contribution >= 4 is 8.58 Å². The molecule has 0 radical (unpaired) electrons. The van der Waals surface area contributed by atoms with E-state index >= 15 is 0 Å². The van der Waals surface area contributed by atoms with Gasteiger partial charge in [0.05, 0.1) is 19.6 Å². The Morgan fingerprint density at radius 3 is 2.33 bits per heavy atom. The smallest absolute Gasteiger partial charge is 0.0821 e. The third-order valence-electron chi connectivity index (χ3n) is 1.97. The Balaban J connectivity index is 2.37. The molecule has 1 saturated heterocycles. The van der Waals surface area contributed by atoms with E-state index in [-0.39, 0.29) is 4.65 Å². The first-order valence-electron chi connectivity index (χ1n) is 3.55. The van der Waals surface area contributed by atoms with Gasteiger partial charge in [-0.2, -0.15) is 0 Å². The van der Waals surface area contributed by atoms with Gasteiger partial charge in [-0.3, -0.25) is 0 Å². The van der Waals surface area contributed by atoms with Crippen molar-refractivity contribution in [3.8, 4) is 0 Å². The molecule has 0 aromatic rings. The number of nitrogens with zero attached hydrogens (tertiary/aromatic N) is 1. The minimum absolute atomic E-state index is 0.0764. The average molecular weight is 147 g/mol. The molecule has 1 aliphatic heterocycles. The Kier molecular flexibility index (Phi) is 2.45. The van der Waals surface area contributed by atoms with Gasteiger partial charge in [-0.25, -0.2) is 0 Å². The summed E-state index contributed by atoms with van der Waals surface area (Å²) in [6, 6.07) is 0. The average Bonchev–Trinajstić information content (AvgIpc) is 1.90. The highest BCUT2D eigenvalue weighted by Gasteiger charge is 2.17. The molecule has 0 unspecified atom stereocenters. The molecule has 2 nitrogen and oxygen atoms in total. The van der Waals surface area contributed by atoms with Crippen molar-refractivity contribution in [2.75, 3.05) is 32.0 Å². The summed E-state index contributed by atoms with van der Waals surface area (Å²) in [4.78, 5) is 0. The van der Waals surface area contributed by atoms with Gasteiger partial charge in [-0.15, -0.1) is 8.58 Å². The largest absolute Gasteiger partial charge is 0.633 e. The lowest BCUT2D eigenvalue weighted by Crippen LogP contribution is -2.47. The molecule has 1 aliphatic rings. The van der Waals surface area contributed by atoms with Crippen LogP contribution in [0.4, 0.5) is 0 Å². The van der Waals surface area contributed by atoms with Gasteiger partial charge in [0.1, 0.15) is 0 Å². The van der Waals surface area contributed by atoms with Crippen LogP contribution in [0, 0.1) is 5.21 Å². The second-order valence-electron chi connectivity index (χ2n) is 2.57. The fraction of sp³-hybridized carbons (Fsp3) is 1.00. The summed E-state index contributed by atoms with van der Waals surface area (Å²) >= 11 is 0. The van der Waals surface area contributed by atoms with Crippen molar-refractivity contribution in [2.45, 2.75) is 6.92 Å². The van der Waals surface area contributed by atoms with E-state index in [9.17, 15) is 5.21 Å². The highest BCUT2D eigenvalue weighted by Crippen LogP contribution is 2.20. The van der Waals surface area contributed by atoms with E-state index < -0.39 is 0 Å². The van der Waals surface area contributed by atoms with E-state index in [1.807, 2.05) is 6.92 Å². The summed E-state index contributed by atoms with van der Waals surface area (Å²) in [5, 5.41) is 11.4. The van der Waals surface area contributed by atoms with Gasteiger partial charge in [0.2, 0.25) is 0 Å². The van der Waals surface area contributed by atoms with Gasteiger partial charge in [-0.05, 0) is 6.92 Å². The normalized spacial score (nSPS) is 39.3. The maximum atomic E-state index is 11.4. The van der Waals surface area contributed by atoms with Crippen LogP contribution < -0.4 is 0 Å². The molecule has 0 spiro atoms.